The second-order valence-electron chi connectivity index (χ2n) is 4.46. The largest absolute Gasteiger partial charge is 0.326 e. The molecule has 0 atom stereocenters. The van der Waals surface area contributed by atoms with Crippen molar-refractivity contribution in [1.29, 1.82) is 0 Å². The number of sulfonamides is 1. The summed E-state index contributed by atoms with van der Waals surface area (Å²) in [6, 6.07) is 6.87. The molecule has 3 N–H and O–H groups in total. The molecule has 1 aromatic heterocycles. The maximum Gasteiger partial charge on any atom is 0.262 e. The molecule has 0 unspecified atom stereocenters. The SMILES string of the molecule is CCc1ccc(CN)cc1S(=O)(=O)Nc1ccncc1Br. The van der Waals surface area contributed by atoms with Gasteiger partial charge in [-0.25, -0.2) is 8.42 Å². The zero-order chi connectivity index (χ0) is 15.5. The van der Waals surface area contributed by atoms with Crippen LogP contribution in [0.2, 0.25) is 0 Å². The fourth-order valence-electron chi connectivity index (χ4n) is 1.93. The Morgan fingerprint density at radius 2 is 2.10 bits per heavy atom. The Labute approximate surface area is 132 Å². The molecule has 0 saturated carbocycles. The molecule has 112 valence electrons. The van der Waals surface area contributed by atoms with E-state index in [-0.39, 0.29) is 4.90 Å². The van der Waals surface area contributed by atoms with Crippen LogP contribution in [0.15, 0.2) is 46.0 Å². The van der Waals surface area contributed by atoms with Crippen LogP contribution in [-0.4, -0.2) is 13.4 Å². The number of pyridine rings is 1. The number of hydrogen-bond donors (Lipinski definition) is 2. The Morgan fingerprint density at radius 1 is 1.33 bits per heavy atom. The summed E-state index contributed by atoms with van der Waals surface area (Å²) in [6.07, 6.45) is 3.69. The van der Waals surface area contributed by atoms with Crippen LogP contribution in [0.4, 0.5) is 5.69 Å². The lowest BCUT2D eigenvalue weighted by molar-refractivity contribution is 0.600. The average Bonchev–Trinajstić information content (AvgIpc) is 2.48. The molecular weight excluding hydrogens is 354 g/mol. The number of hydrogen-bond acceptors (Lipinski definition) is 4. The smallest absolute Gasteiger partial charge is 0.262 e. The number of halogens is 1. The van der Waals surface area contributed by atoms with E-state index >= 15 is 0 Å². The third-order valence-electron chi connectivity index (χ3n) is 3.05. The highest BCUT2D eigenvalue weighted by molar-refractivity contribution is 9.10. The lowest BCUT2D eigenvalue weighted by Gasteiger charge is -2.13. The van der Waals surface area contributed by atoms with E-state index in [0.29, 0.717) is 23.1 Å². The van der Waals surface area contributed by atoms with Gasteiger partial charge in [0.05, 0.1) is 15.1 Å². The summed E-state index contributed by atoms with van der Waals surface area (Å²) in [4.78, 5) is 4.17. The van der Waals surface area contributed by atoms with Crippen molar-refractivity contribution in [2.24, 2.45) is 5.73 Å². The van der Waals surface area contributed by atoms with Gasteiger partial charge in [-0.1, -0.05) is 19.1 Å². The number of rotatable bonds is 5. The van der Waals surface area contributed by atoms with Crippen molar-refractivity contribution in [3.05, 3.63) is 52.3 Å². The predicted octanol–water partition coefficient (Wildman–Crippen LogP) is 2.67. The quantitative estimate of drug-likeness (QED) is 0.848. The van der Waals surface area contributed by atoms with Gasteiger partial charge in [0.25, 0.3) is 10.0 Å². The van der Waals surface area contributed by atoms with Crippen molar-refractivity contribution >= 4 is 31.6 Å². The van der Waals surface area contributed by atoms with Gasteiger partial charge in [-0.3, -0.25) is 9.71 Å². The molecule has 5 nitrogen and oxygen atoms in total. The molecule has 0 amide bonds. The van der Waals surface area contributed by atoms with Gasteiger partial charge in [0, 0.05) is 18.9 Å². The first-order chi connectivity index (χ1) is 9.97. The third-order valence-corrected chi connectivity index (χ3v) is 5.13. The number of nitrogens with one attached hydrogen (secondary N) is 1. The minimum atomic E-state index is -3.67. The van der Waals surface area contributed by atoms with Crippen LogP contribution in [0, 0.1) is 0 Å². The molecule has 0 fully saturated rings. The average molecular weight is 370 g/mol. The Kier molecular flexibility index (Phi) is 4.97. The molecular formula is C14H16BrN3O2S. The molecule has 2 aromatic rings. The number of aryl methyl sites for hydroxylation is 1. The summed E-state index contributed by atoms with van der Waals surface area (Å²) in [5.41, 5.74) is 7.58. The van der Waals surface area contributed by atoms with Crippen LogP contribution < -0.4 is 10.5 Å². The van der Waals surface area contributed by atoms with Crippen LogP contribution >= 0.6 is 15.9 Å². The molecule has 0 bridgehead atoms. The Bertz CT molecular complexity index is 748. The Hall–Kier alpha value is -1.44. The molecule has 7 heteroatoms. The molecule has 1 heterocycles. The summed E-state index contributed by atoms with van der Waals surface area (Å²) in [6.45, 7) is 2.21. The van der Waals surface area contributed by atoms with Crippen molar-refractivity contribution in [3.63, 3.8) is 0 Å². The molecule has 0 aliphatic rings. The molecule has 0 spiro atoms. The van der Waals surface area contributed by atoms with Crippen LogP contribution in [0.25, 0.3) is 0 Å². The van der Waals surface area contributed by atoms with Gasteiger partial charge < -0.3 is 5.73 Å². The zero-order valence-corrected chi connectivity index (χ0v) is 13.9. The zero-order valence-electron chi connectivity index (χ0n) is 11.5. The molecule has 0 saturated heterocycles. The fraction of sp³-hybridized carbons (Fsp3) is 0.214. The summed E-state index contributed by atoms with van der Waals surface area (Å²) in [5, 5.41) is 0. The van der Waals surface area contributed by atoms with E-state index in [0.717, 1.165) is 11.1 Å². The second kappa shape index (κ2) is 6.55. The first-order valence-electron chi connectivity index (χ1n) is 6.42. The highest BCUT2D eigenvalue weighted by atomic mass is 79.9. The van der Waals surface area contributed by atoms with E-state index in [1.165, 1.54) is 12.4 Å². The van der Waals surface area contributed by atoms with Crippen molar-refractivity contribution in [3.8, 4) is 0 Å². The van der Waals surface area contributed by atoms with Crippen molar-refractivity contribution in [2.45, 2.75) is 24.8 Å². The molecule has 0 aliphatic carbocycles. The van der Waals surface area contributed by atoms with Gasteiger partial charge in [-0.2, -0.15) is 0 Å². The first-order valence-corrected chi connectivity index (χ1v) is 8.69. The highest BCUT2D eigenvalue weighted by Crippen LogP contribution is 2.26. The first kappa shape index (κ1) is 15.9. The minimum Gasteiger partial charge on any atom is -0.326 e. The van der Waals surface area contributed by atoms with E-state index in [1.807, 2.05) is 13.0 Å². The monoisotopic (exact) mass is 369 g/mol. The fourth-order valence-corrected chi connectivity index (χ4v) is 3.85. The molecule has 2 rings (SSSR count). The maximum absolute atomic E-state index is 12.6. The van der Waals surface area contributed by atoms with E-state index in [1.54, 1.807) is 18.2 Å². The van der Waals surface area contributed by atoms with E-state index in [9.17, 15) is 8.42 Å². The van der Waals surface area contributed by atoms with Crippen LogP contribution in [-0.2, 0) is 23.0 Å². The third kappa shape index (κ3) is 3.61. The summed E-state index contributed by atoms with van der Waals surface area (Å²) < 4.78 is 28.4. The van der Waals surface area contributed by atoms with E-state index in [2.05, 4.69) is 25.6 Å². The minimum absolute atomic E-state index is 0.261. The number of benzene rings is 1. The molecule has 21 heavy (non-hydrogen) atoms. The normalized spacial score (nSPS) is 11.4. The lowest BCUT2D eigenvalue weighted by atomic mass is 10.1. The van der Waals surface area contributed by atoms with Gasteiger partial charge in [0.15, 0.2) is 0 Å². The molecule has 0 aliphatic heterocycles. The van der Waals surface area contributed by atoms with E-state index in [4.69, 9.17) is 5.73 Å². The number of nitrogens with zero attached hydrogens (tertiary/aromatic N) is 1. The summed E-state index contributed by atoms with van der Waals surface area (Å²) >= 11 is 3.28. The Morgan fingerprint density at radius 3 is 2.71 bits per heavy atom. The topological polar surface area (TPSA) is 85.1 Å². The van der Waals surface area contributed by atoms with Gasteiger partial charge >= 0.3 is 0 Å². The van der Waals surface area contributed by atoms with Crippen LogP contribution in [0.5, 0.6) is 0 Å². The second-order valence-corrected chi connectivity index (χ2v) is 6.97. The van der Waals surface area contributed by atoms with Gasteiger partial charge in [-0.15, -0.1) is 0 Å². The molecule has 1 aromatic carbocycles. The number of aromatic nitrogens is 1. The van der Waals surface area contributed by atoms with E-state index < -0.39 is 10.0 Å². The molecule has 0 radical (unpaired) electrons. The number of anilines is 1. The van der Waals surface area contributed by atoms with Crippen molar-refractivity contribution in [2.75, 3.05) is 4.72 Å². The standard InChI is InChI=1S/C14H16BrN3O2S/c1-2-11-4-3-10(8-16)7-14(11)21(19,20)18-13-5-6-17-9-12(13)15/h3-7,9H,2,8,16H2,1H3,(H,17,18). The van der Waals surface area contributed by atoms with Crippen LogP contribution in [0.3, 0.4) is 0 Å². The Balaban J connectivity index is 2.46. The summed E-state index contributed by atoms with van der Waals surface area (Å²) in [7, 11) is -3.67. The van der Waals surface area contributed by atoms with Gasteiger partial charge in [-0.05, 0) is 45.6 Å². The maximum atomic E-state index is 12.6. The predicted molar refractivity (Wildman–Crippen MR) is 86.5 cm³/mol. The van der Waals surface area contributed by atoms with Crippen molar-refractivity contribution < 1.29 is 8.42 Å². The van der Waals surface area contributed by atoms with Crippen LogP contribution in [0.1, 0.15) is 18.1 Å². The van der Waals surface area contributed by atoms with Gasteiger partial charge in [0.2, 0.25) is 0 Å². The summed E-state index contributed by atoms with van der Waals surface area (Å²) in [5.74, 6) is 0. The lowest BCUT2D eigenvalue weighted by Crippen LogP contribution is -2.16. The number of nitrogens with two attached hydrogens (primary N) is 1. The van der Waals surface area contributed by atoms with Gasteiger partial charge in [0.1, 0.15) is 0 Å². The highest BCUT2D eigenvalue weighted by Gasteiger charge is 2.19. The van der Waals surface area contributed by atoms with Crippen molar-refractivity contribution in [1.82, 2.24) is 4.98 Å².